The molecule has 0 radical (unpaired) electrons. The lowest BCUT2D eigenvalue weighted by atomic mass is 10.1. The molecule has 0 aliphatic heterocycles. The summed E-state index contributed by atoms with van der Waals surface area (Å²) in [6.45, 7) is 1.56. The average molecular weight is 301 g/mol. The molecule has 7 heteroatoms. The van der Waals surface area contributed by atoms with Crippen LogP contribution < -0.4 is 5.56 Å². The number of fused-ring (bicyclic) bond motifs is 1. The molecular weight excluding hydrogens is 290 g/mol. The molecule has 106 valence electrons. The summed E-state index contributed by atoms with van der Waals surface area (Å²) in [5.41, 5.74) is 2.09. The van der Waals surface area contributed by atoms with E-state index in [-0.39, 0.29) is 5.56 Å². The highest BCUT2D eigenvalue weighted by Crippen LogP contribution is 2.27. The number of carboxylic acid groups (broad SMARTS) is 1. The van der Waals surface area contributed by atoms with E-state index in [1.807, 2.05) is 31.2 Å². The summed E-state index contributed by atoms with van der Waals surface area (Å²) in [5.74, 6) is -1.08. The van der Waals surface area contributed by atoms with Crippen molar-refractivity contribution in [1.82, 2.24) is 13.9 Å². The first-order valence-corrected chi connectivity index (χ1v) is 6.97. The summed E-state index contributed by atoms with van der Waals surface area (Å²) >= 11 is 1.13. The highest BCUT2D eigenvalue weighted by atomic mass is 32.1. The average Bonchev–Trinajstić information content (AvgIpc) is 2.87. The first kappa shape index (κ1) is 13.4. The summed E-state index contributed by atoms with van der Waals surface area (Å²) < 4.78 is 5.37. The Bertz CT molecular complexity index is 881. The fourth-order valence-corrected chi connectivity index (χ4v) is 2.79. The maximum absolute atomic E-state index is 12.4. The van der Waals surface area contributed by atoms with Crippen molar-refractivity contribution in [3.05, 3.63) is 46.5 Å². The smallest absolute Gasteiger partial charge is 0.323 e. The molecule has 21 heavy (non-hydrogen) atoms. The number of aliphatic carboxylic acids is 1. The van der Waals surface area contributed by atoms with Gasteiger partial charge in [0.15, 0.2) is 4.83 Å². The number of nitrogens with zero attached hydrogens (tertiary/aromatic N) is 3. The Morgan fingerprint density at radius 2 is 2.05 bits per heavy atom. The number of carbonyl (C=O) groups is 1. The van der Waals surface area contributed by atoms with Crippen molar-refractivity contribution in [3.63, 3.8) is 0 Å². The van der Waals surface area contributed by atoms with Gasteiger partial charge in [0.05, 0.1) is 12.0 Å². The Hall–Kier alpha value is -2.54. The number of carboxylic acids is 1. The van der Waals surface area contributed by atoms with E-state index in [1.54, 1.807) is 0 Å². The molecule has 0 fully saturated rings. The van der Waals surface area contributed by atoms with Crippen molar-refractivity contribution in [3.8, 4) is 11.3 Å². The lowest BCUT2D eigenvalue weighted by Gasteiger charge is -2.02. The lowest BCUT2D eigenvalue weighted by molar-refractivity contribution is -0.137. The van der Waals surface area contributed by atoms with Crippen molar-refractivity contribution < 1.29 is 9.90 Å². The molecule has 3 aromatic rings. The molecule has 0 saturated heterocycles. The van der Waals surface area contributed by atoms with Gasteiger partial charge in [-0.1, -0.05) is 29.8 Å². The second-order valence-electron chi connectivity index (χ2n) is 4.65. The highest BCUT2D eigenvalue weighted by molar-refractivity contribution is 7.13. The Labute approximate surface area is 123 Å². The molecule has 1 aromatic carbocycles. The Morgan fingerprint density at radius 1 is 1.33 bits per heavy atom. The van der Waals surface area contributed by atoms with Crippen molar-refractivity contribution in [2.75, 3.05) is 0 Å². The number of aromatic nitrogens is 3. The van der Waals surface area contributed by atoms with Crippen LogP contribution in [0.2, 0.25) is 0 Å². The number of rotatable bonds is 3. The van der Waals surface area contributed by atoms with Gasteiger partial charge in [-0.15, -0.1) is 0 Å². The fraction of sp³-hybridized carbons (Fsp3) is 0.143. The van der Waals surface area contributed by atoms with Gasteiger partial charge in [-0.2, -0.15) is 4.37 Å². The van der Waals surface area contributed by atoms with E-state index < -0.39 is 12.5 Å². The zero-order valence-electron chi connectivity index (χ0n) is 11.1. The standard InChI is InChI=1S/C14H11N3O3S/c1-8-2-4-9(5-3-8)12-11-13(21-16-12)15-7-17(14(11)20)6-10(18)19/h2-5,7H,6H2,1H3,(H,18,19). The molecule has 6 nitrogen and oxygen atoms in total. The SMILES string of the molecule is Cc1ccc(-c2nsc3ncn(CC(=O)O)c(=O)c23)cc1. The summed E-state index contributed by atoms with van der Waals surface area (Å²) in [5, 5.41) is 9.20. The molecule has 3 rings (SSSR count). The molecule has 2 aromatic heterocycles. The fourth-order valence-electron chi connectivity index (χ4n) is 2.05. The van der Waals surface area contributed by atoms with Crippen molar-refractivity contribution in [2.45, 2.75) is 13.5 Å². The van der Waals surface area contributed by atoms with Crippen molar-refractivity contribution in [1.29, 1.82) is 0 Å². The van der Waals surface area contributed by atoms with Crippen LogP contribution in [0, 0.1) is 6.92 Å². The van der Waals surface area contributed by atoms with Crippen LogP contribution in [0.5, 0.6) is 0 Å². The first-order valence-electron chi connectivity index (χ1n) is 6.20. The van der Waals surface area contributed by atoms with E-state index in [2.05, 4.69) is 9.36 Å². The second kappa shape index (κ2) is 5.10. The van der Waals surface area contributed by atoms with Gasteiger partial charge in [0, 0.05) is 5.56 Å². The third kappa shape index (κ3) is 2.43. The zero-order valence-corrected chi connectivity index (χ0v) is 11.9. The minimum atomic E-state index is -1.08. The molecule has 0 unspecified atom stereocenters. The normalized spacial score (nSPS) is 10.9. The molecule has 0 atom stereocenters. The third-order valence-electron chi connectivity index (χ3n) is 3.09. The van der Waals surface area contributed by atoms with Crippen LogP contribution >= 0.6 is 11.5 Å². The Kier molecular flexibility index (Phi) is 3.26. The molecule has 0 spiro atoms. The topological polar surface area (TPSA) is 85.1 Å². The second-order valence-corrected chi connectivity index (χ2v) is 5.40. The van der Waals surface area contributed by atoms with Gasteiger partial charge >= 0.3 is 5.97 Å². The van der Waals surface area contributed by atoms with Crippen molar-refractivity contribution >= 4 is 27.7 Å². The highest BCUT2D eigenvalue weighted by Gasteiger charge is 2.15. The van der Waals surface area contributed by atoms with E-state index in [1.165, 1.54) is 6.33 Å². The van der Waals surface area contributed by atoms with E-state index in [4.69, 9.17) is 5.11 Å². The van der Waals surface area contributed by atoms with Crippen LogP contribution in [0.25, 0.3) is 21.5 Å². The third-order valence-corrected chi connectivity index (χ3v) is 3.85. The lowest BCUT2D eigenvalue weighted by Crippen LogP contribution is -2.24. The van der Waals surface area contributed by atoms with E-state index in [9.17, 15) is 9.59 Å². The predicted molar refractivity (Wildman–Crippen MR) is 79.5 cm³/mol. The van der Waals surface area contributed by atoms with E-state index in [0.29, 0.717) is 15.9 Å². The summed E-state index contributed by atoms with van der Waals surface area (Å²) in [7, 11) is 0. The van der Waals surface area contributed by atoms with Crippen LogP contribution in [0.15, 0.2) is 35.4 Å². The maximum atomic E-state index is 12.4. The van der Waals surface area contributed by atoms with Gasteiger partial charge < -0.3 is 5.11 Å². The minimum absolute atomic E-state index is 0.368. The Morgan fingerprint density at radius 3 is 2.71 bits per heavy atom. The molecule has 0 saturated carbocycles. The monoisotopic (exact) mass is 301 g/mol. The van der Waals surface area contributed by atoms with Gasteiger partial charge in [0.1, 0.15) is 11.9 Å². The van der Waals surface area contributed by atoms with Gasteiger partial charge in [-0.05, 0) is 18.5 Å². The van der Waals surface area contributed by atoms with Crippen LogP contribution in [0.1, 0.15) is 5.56 Å². The number of hydrogen-bond donors (Lipinski definition) is 1. The van der Waals surface area contributed by atoms with Crippen molar-refractivity contribution in [2.24, 2.45) is 0 Å². The van der Waals surface area contributed by atoms with Gasteiger partial charge in [0.25, 0.3) is 5.56 Å². The van der Waals surface area contributed by atoms with Crippen LogP contribution in [0.4, 0.5) is 0 Å². The van der Waals surface area contributed by atoms with Crippen LogP contribution in [0.3, 0.4) is 0 Å². The van der Waals surface area contributed by atoms with Gasteiger partial charge in [0.2, 0.25) is 0 Å². The molecule has 2 heterocycles. The minimum Gasteiger partial charge on any atom is -0.480 e. The molecule has 0 bridgehead atoms. The largest absolute Gasteiger partial charge is 0.480 e. The maximum Gasteiger partial charge on any atom is 0.323 e. The van der Waals surface area contributed by atoms with Gasteiger partial charge in [-0.25, -0.2) is 4.98 Å². The number of hydrogen-bond acceptors (Lipinski definition) is 5. The van der Waals surface area contributed by atoms with E-state index in [0.717, 1.165) is 27.2 Å². The summed E-state index contributed by atoms with van der Waals surface area (Å²) in [6, 6.07) is 7.65. The number of benzene rings is 1. The van der Waals surface area contributed by atoms with E-state index >= 15 is 0 Å². The van der Waals surface area contributed by atoms with Crippen LogP contribution in [-0.4, -0.2) is 25.0 Å². The number of aryl methyl sites for hydroxylation is 1. The molecule has 0 aliphatic carbocycles. The molecular formula is C14H11N3O3S. The summed E-state index contributed by atoms with van der Waals surface area (Å²) in [6.07, 6.45) is 1.25. The molecule has 0 aliphatic rings. The summed E-state index contributed by atoms with van der Waals surface area (Å²) in [4.78, 5) is 27.8. The van der Waals surface area contributed by atoms with Crippen LogP contribution in [-0.2, 0) is 11.3 Å². The predicted octanol–water partition coefficient (Wildman–Crippen LogP) is 1.91. The molecule has 1 N–H and O–H groups in total. The Balaban J connectivity index is 2.22. The van der Waals surface area contributed by atoms with Gasteiger partial charge in [-0.3, -0.25) is 14.2 Å². The zero-order chi connectivity index (χ0) is 15.0. The quantitative estimate of drug-likeness (QED) is 0.798. The molecule has 0 amide bonds. The first-order chi connectivity index (χ1) is 10.1.